The van der Waals surface area contributed by atoms with E-state index in [0.717, 1.165) is 37.2 Å². The third-order valence-electron chi connectivity index (χ3n) is 3.26. The van der Waals surface area contributed by atoms with Crippen LogP contribution in [0.15, 0.2) is 23.9 Å². The summed E-state index contributed by atoms with van der Waals surface area (Å²) in [6.07, 6.45) is 4.03. The first-order chi connectivity index (χ1) is 7.72. The molecule has 0 radical (unpaired) electrons. The molecule has 0 aromatic carbocycles. The van der Waals surface area contributed by atoms with E-state index in [1.165, 1.54) is 5.57 Å². The van der Waals surface area contributed by atoms with Crippen molar-refractivity contribution in [1.29, 1.82) is 5.26 Å². The molecular weight excluding hydrogens is 198 g/mol. The summed E-state index contributed by atoms with van der Waals surface area (Å²) in [5, 5.41) is 9.31. The smallest absolute Gasteiger partial charge is 0.101 e. The molecule has 0 saturated carbocycles. The lowest BCUT2D eigenvalue weighted by Crippen LogP contribution is -2.26. The van der Waals surface area contributed by atoms with Crippen LogP contribution in [0.4, 0.5) is 0 Å². The van der Waals surface area contributed by atoms with Crippen molar-refractivity contribution in [2.24, 2.45) is 7.05 Å². The molecule has 0 atom stereocenters. The van der Waals surface area contributed by atoms with Gasteiger partial charge in [-0.15, -0.1) is 0 Å². The Kier molecular flexibility index (Phi) is 3.12. The van der Waals surface area contributed by atoms with Gasteiger partial charge in [0.2, 0.25) is 0 Å². The van der Waals surface area contributed by atoms with Crippen LogP contribution >= 0.6 is 0 Å². The minimum atomic E-state index is 0.876. The van der Waals surface area contributed by atoms with Gasteiger partial charge in [0.05, 0.1) is 11.3 Å². The number of hydrogen-bond donors (Lipinski definition) is 0. The Balaban J connectivity index is 2.33. The number of allylic oxidation sites excluding steroid dienone is 1. The maximum Gasteiger partial charge on any atom is 0.101 e. The second-order valence-electron chi connectivity index (χ2n) is 4.40. The van der Waals surface area contributed by atoms with Crippen LogP contribution in [0.1, 0.15) is 18.5 Å². The van der Waals surface area contributed by atoms with E-state index in [1.807, 2.05) is 29.9 Å². The monoisotopic (exact) mass is 215 g/mol. The molecule has 1 aliphatic rings. The number of hydrogen-bond acceptors (Lipinski definition) is 2. The standard InChI is InChI=1S/C13H17N3/c1-15-8-5-11(6-9-15)12(10-14)13-4-3-7-16(13)2/h3-4,7H,5-6,8-9H2,1-2H3. The normalized spacial score (nSPS) is 17.2. The van der Waals surface area contributed by atoms with E-state index in [-0.39, 0.29) is 0 Å². The van der Waals surface area contributed by atoms with Crippen LogP contribution < -0.4 is 0 Å². The minimum Gasteiger partial charge on any atom is -0.350 e. The fourth-order valence-electron chi connectivity index (χ4n) is 2.18. The van der Waals surface area contributed by atoms with Crippen molar-refractivity contribution >= 4 is 5.57 Å². The van der Waals surface area contributed by atoms with Gasteiger partial charge >= 0.3 is 0 Å². The van der Waals surface area contributed by atoms with E-state index in [2.05, 4.69) is 18.0 Å². The molecule has 16 heavy (non-hydrogen) atoms. The highest BCUT2D eigenvalue weighted by atomic mass is 15.1. The Morgan fingerprint density at radius 3 is 2.50 bits per heavy atom. The van der Waals surface area contributed by atoms with Crippen LogP contribution in [0.25, 0.3) is 5.57 Å². The molecule has 0 N–H and O–H groups in total. The first-order valence-corrected chi connectivity index (χ1v) is 5.64. The van der Waals surface area contributed by atoms with E-state index in [9.17, 15) is 5.26 Å². The second kappa shape index (κ2) is 4.54. The van der Waals surface area contributed by atoms with Crippen molar-refractivity contribution in [2.75, 3.05) is 20.1 Å². The fourth-order valence-corrected chi connectivity index (χ4v) is 2.18. The average molecular weight is 215 g/mol. The fraction of sp³-hybridized carbons (Fsp3) is 0.462. The first kappa shape index (κ1) is 11.0. The number of aromatic nitrogens is 1. The Morgan fingerprint density at radius 1 is 1.31 bits per heavy atom. The van der Waals surface area contributed by atoms with Gasteiger partial charge in [-0.05, 0) is 37.6 Å². The molecule has 0 amide bonds. The molecule has 1 aromatic rings. The van der Waals surface area contributed by atoms with E-state index in [0.29, 0.717) is 0 Å². The van der Waals surface area contributed by atoms with E-state index in [4.69, 9.17) is 0 Å². The summed E-state index contributed by atoms with van der Waals surface area (Å²) in [7, 11) is 4.12. The quantitative estimate of drug-likeness (QED) is 0.671. The molecule has 0 unspecified atom stereocenters. The van der Waals surface area contributed by atoms with Crippen molar-refractivity contribution in [3.05, 3.63) is 29.6 Å². The van der Waals surface area contributed by atoms with Crippen LogP contribution in [0.3, 0.4) is 0 Å². The zero-order valence-electron chi connectivity index (χ0n) is 9.90. The zero-order chi connectivity index (χ0) is 11.5. The van der Waals surface area contributed by atoms with Crippen molar-refractivity contribution < 1.29 is 0 Å². The minimum absolute atomic E-state index is 0.876. The Hall–Kier alpha value is -1.53. The van der Waals surface area contributed by atoms with Gasteiger partial charge in [0, 0.05) is 26.3 Å². The number of nitrogens with zero attached hydrogens (tertiary/aromatic N) is 3. The summed E-state index contributed by atoms with van der Waals surface area (Å²) in [5.74, 6) is 0. The van der Waals surface area contributed by atoms with Gasteiger partial charge in [0.1, 0.15) is 6.07 Å². The summed E-state index contributed by atoms with van der Waals surface area (Å²) in [6.45, 7) is 2.12. The summed E-state index contributed by atoms with van der Waals surface area (Å²) < 4.78 is 2.02. The molecule has 0 aliphatic carbocycles. The molecule has 1 fully saturated rings. The van der Waals surface area contributed by atoms with Crippen LogP contribution in [0, 0.1) is 11.3 Å². The summed E-state index contributed by atoms with van der Waals surface area (Å²) in [6, 6.07) is 6.38. The molecule has 84 valence electrons. The summed E-state index contributed by atoms with van der Waals surface area (Å²) >= 11 is 0. The Labute approximate surface area is 96.6 Å². The highest BCUT2D eigenvalue weighted by molar-refractivity contribution is 5.77. The highest BCUT2D eigenvalue weighted by Crippen LogP contribution is 2.25. The van der Waals surface area contributed by atoms with Crippen molar-refractivity contribution in [3.8, 4) is 6.07 Å². The molecule has 1 aliphatic heterocycles. The molecule has 0 bridgehead atoms. The van der Waals surface area contributed by atoms with Crippen LogP contribution in [0.2, 0.25) is 0 Å². The molecule has 3 nitrogen and oxygen atoms in total. The summed E-state index contributed by atoms with van der Waals surface area (Å²) in [4.78, 5) is 2.31. The average Bonchev–Trinajstić information content (AvgIpc) is 2.69. The number of piperidine rings is 1. The van der Waals surface area contributed by atoms with Crippen LogP contribution in [-0.4, -0.2) is 29.6 Å². The number of aryl methyl sites for hydroxylation is 1. The lowest BCUT2D eigenvalue weighted by Gasteiger charge is -2.25. The van der Waals surface area contributed by atoms with Crippen LogP contribution in [-0.2, 0) is 7.05 Å². The molecule has 0 spiro atoms. The predicted molar refractivity (Wildman–Crippen MR) is 64.7 cm³/mol. The molecular formula is C13H17N3. The van der Waals surface area contributed by atoms with Gasteiger partial charge < -0.3 is 9.47 Å². The van der Waals surface area contributed by atoms with Gasteiger partial charge in [0.25, 0.3) is 0 Å². The largest absolute Gasteiger partial charge is 0.350 e. The molecule has 2 heterocycles. The SMILES string of the molecule is CN1CCC(=C(C#N)c2cccn2C)CC1. The predicted octanol–water partition coefficient (Wildman–Crippen LogP) is 2.03. The molecule has 3 heteroatoms. The van der Waals surface area contributed by atoms with Crippen molar-refractivity contribution in [2.45, 2.75) is 12.8 Å². The lowest BCUT2D eigenvalue weighted by molar-refractivity contribution is 0.313. The lowest BCUT2D eigenvalue weighted by atomic mass is 9.97. The molecule has 1 aromatic heterocycles. The van der Waals surface area contributed by atoms with Crippen molar-refractivity contribution in [1.82, 2.24) is 9.47 Å². The zero-order valence-corrected chi connectivity index (χ0v) is 9.90. The number of likely N-dealkylation sites (tertiary alicyclic amines) is 1. The van der Waals surface area contributed by atoms with E-state index in [1.54, 1.807) is 0 Å². The van der Waals surface area contributed by atoms with Gasteiger partial charge in [-0.1, -0.05) is 0 Å². The molecule has 1 saturated heterocycles. The Morgan fingerprint density at radius 2 is 2.00 bits per heavy atom. The molecule has 2 rings (SSSR count). The third kappa shape index (κ3) is 2.02. The first-order valence-electron chi connectivity index (χ1n) is 5.64. The second-order valence-corrected chi connectivity index (χ2v) is 4.40. The summed E-state index contributed by atoms with van der Waals surface area (Å²) in [5.41, 5.74) is 3.23. The highest BCUT2D eigenvalue weighted by Gasteiger charge is 2.16. The van der Waals surface area contributed by atoms with Gasteiger partial charge in [0.15, 0.2) is 0 Å². The topological polar surface area (TPSA) is 32.0 Å². The van der Waals surface area contributed by atoms with Crippen molar-refractivity contribution in [3.63, 3.8) is 0 Å². The van der Waals surface area contributed by atoms with Gasteiger partial charge in [-0.25, -0.2) is 0 Å². The van der Waals surface area contributed by atoms with E-state index >= 15 is 0 Å². The maximum atomic E-state index is 9.31. The van der Waals surface area contributed by atoms with Gasteiger partial charge in [-0.2, -0.15) is 5.26 Å². The maximum absolute atomic E-state index is 9.31. The van der Waals surface area contributed by atoms with Gasteiger partial charge in [-0.3, -0.25) is 0 Å². The van der Waals surface area contributed by atoms with E-state index < -0.39 is 0 Å². The van der Waals surface area contributed by atoms with Crippen LogP contribution in [0.5, 0.6) is 0 Å². The third-order valence-corrected chi connectivity index (χ3v) is 3.26. The number of rotatable bonds is 1. The number of nitriles is 1. The Bertz CT molecular complexity index is 438.